The van der Waals surface area contributed by atoms with Crippen LogP contribution in [0.15, 0.2) is 12.3 Å². The van der Waals surface area contributed by atoms with E-state index in [2.05, 4.69) is 36.1 Å². The molecule has 0 saturated heterocycles. The second kappa shape index (κ2) is 7.31. The van der Waals surface area contributed by atoms with Crippen LogP contribution in [0.3, 0.4) is 0 Å². The van der Waals surface area contributed by atoms with Gasteiger partial charge in [0.05, 0.1) is 17.4 Å². The zero-order chi connectivity index (χ0) is 14.4. The fraction of sp³-hybridized carbons (Fsp3) is 0.538. The molecule has 1 aromatic heterocycles. The first-order valence-corrected chi connectivity index (χ1v) is 6.69. The van der Waals surface area contributed by atoms with Crippen molar-refractivity contribution >= 4 is 23.2 Å². The molecule has 1 rings (SSSR count). The summed E-state index contributed by atoms with van der Waals surface area (Å²) in [6.07, 6.45) is 2.31. The molecule has 0 aliphatic heterocycles. The molecule has 0 atom stereocenters. The van der Waals surface area contributed by atoms with Gasteiger partial charge in [-0.1, -0.05) is 11.6 Å². The fourth-order valence-corrected chi connectivity index (χ4v) is 1.70. The van der Waals surface area contributed by atoms with Gasteiger partial charge in [0, 0.05) is 12.6 Å². The number of carbonyl (C=O) groups is 1. The van der Waals surface area contributed by atoms with Crippen LogP contribution in [0, 0.1) is 0 Å². The Hall–Kier alpha value is -1.33. The summed E-state index contributed by atoms with van der Waals surface area (Å²) in [6.45, 7) is 5.80. The molecule has 106 valence electrons. The molecule has 0 spiro atoms. The third-order valence-electron chi connectivity index (χ3n) is 2.96. The molecular weight excluding hydrogens is 264 g/mol. The molecule has 0 unspecified atom stereocenters. The lowest BCUT2D eigenvalue weighted by atomic mass is 10.2. The van der Waals surface area contributed by atoms with Crippen LogP contribution in [0.4, 0.5) is 5.69 Å². The van der Waals surface area contributed by atoms with Gasteiger partial charge in [0.15, 0.2) is 0 Å². The summed E-state index contributed by atoms with van der Waals surface area (Å²) in [7, 11) is 2.06. The molecular formula is C13H21ClN4O. The molecule has 1 amide bonds. The Morgan fingerprint density at radius 3 is 2.89 bits per heavy atom. The quantitative estimate of drug-likeness (QED) is 0.617. The van der Waals surface area contributed by atoms with Crippen LogP contribution in [-0.4, -0.2) is 42.0 Å². The van der Waals surface area contributed by atoms with Crippen molar-refractivity contribution in [3.63, 3.8) is 0 Å². The van der Waals surface area contributed by atoms with E-state index in [4.69, 9.17) is 17.3 Å². The average molecular weight is 285 g/mol. The second-order valence-electron chi connectivity index (χ2n) is 4.79. The predicted molar refractivity (Wildman–Crippen MR) is 78.4 cm³/mol. The molecule has 19 heavy (non-hydrogen) atoms. The van der Waals surface area contributed by atoms with E-state index < -0.39 is 0 Å². The van der Waals surface area contributed by atoms with Gasteiger partial charge in [0.2, 0.25) is 0 Å². The molecule has 0 saturated carbocycles. The largest absolute Gasteiger partial charge is 0.397 e. The van der Waals surface area contributed by atoms with Crippen molar-refractivity contribution < 1.29 is 4.79 Å². The summed E-state index contributed by atoms with van der Waals surface area (Å²) in [4.78, 5) is 18.0. The summed E-state index contributed by atoms with van der Waals surface area (Å²) < 4.78 is 0. The van der Waals surface area contributed by atoms with Crippen LogP contribution < -0.4 is 11.1 Å². The third kappa shape index (κ3) is 5.04. The van der Waals surface area contributed by atoms with Crippen LogP contribution >= 0.6 is 11.6 Å². The number of halogens is 1. The first-order chi connectivity index (χ1) is 8.91. The Morgan fingerprint density at radius 2 is 2.26 bits per heavy atom. The van der Waals surface area contributed by atoms with Crippen molar-refractivity contribution in [2.24, 2.45) is 0 Å². The Labute approximate surface area is 119 Å². The van der Waals surface area contributed by atoms with Crippen LogP contribution in [0.5, 0.6) is 0 Å². The molecule has 0 fully saturated rings. The number of carbonyl (C=O) groups excluding carboxylic acids is 1. The molecule has 3 N–H and O–H groups in total. The molecule has 0 aromatic carbocycles. The number of nitrogens with zero attached hydrogens (tertiary/aromatic N) is 2. The van der Waals surface area contributed by atoms with Crippen LogP contribution in [0.25, 0.3) is 0 Å². The number of pyridine rings is 1. The minimum Gasteiger partial charge on any atom is -0.397 e. The maximum atomic E-state index is 11.9. The number of nitrogens with two attached hydrogens (primary N) is 1. The average Bonchev–Trinajstić information content (AvgIpc) is 2.36. The number of hydrogen-bond acceptors (Lipinski definition) is 4. The van der Waals surface area contributed by atoms with E-state index >= 15 is 0 Å². The number of amides is 1. The maximum absolute atomic E-state index is 11.9. The van der Waals surface area contributed by atoms with E-state index in [1.54, 1.807) is 0 Å². The van der Waals surface area contributed by atoms with Gasteiger partial charge in [-0.05, 0) is 39.9 Å². The Morgan fingerprint density at radius 1 is 1.58 bits per heavy atom. The highest BCUT2D eigenvalue weighted by molar-refractivity contribution is 6.32. The Balaban J connectivity index is 2.41. The SMILES string of the molecule is CC(C)N(C)CCCNC(=O)c1cc(N)cnc1Cl. The van der Waals surface area contributed by atoms with Crippen molar-refractivity contribution in [3.05, 3.63) is 23.0 Å². The lowest BCUT2D eigenvalue weighted by Gasteiger charge is -2.20. The second-order valence-corrected chi connectivity index (χ2v) is 5.15. The molecule has 0 radical (unpaired) electrons. The van der Waals surface area contributed by atoms with Gasteiger partial charge in [-0.3, -0.25) is 4.79 Å². The van der Waals surface area contributed by atoms with Gasteiger partial charge in [0.1, 0.15) is 5.15 Å². The summed E-state index contributed by atoms with van der Waals surface area (Å²) >= 11 is 5.86. The maximum Gasteiger partial charge on any atom is 0.254 e. The van der Waals surface area contributed by atoms with E-state index in [1.165, 1.54) is 12.3 Å². The smallest absolute Gasteiger partial charge is 0.254 e. The molecule has 6 heteroatoms. The highest BCUT2D eigenvalue weighted by Crippen LogP contribution is 2.15. The van der Waals surface area contributed by atoms with Crippen molar-refractivity contribution in [2.75, 3.05) is 25.9 Å². The van der Waals surface area contributed by atoms with Crippen molar-refractivity contribution in [2.45, 2.75) is 26.3 Å². The molecule has 0 aliphatic carbocycles. The lowest BCUT2D eigenvalue weighted by Crippen LogP contribution is -2.31. The number of rotatable bonds is 6. The predicted octanol–water partition coefficient (Wildman–Crippen LogP) is 1.78. The van der Waals surface area contributed by atoms with Gasteiger partial charge in [-0.15, -0.1) is 0 Å². The number of aromatic nitrogens is 1. The number of hydrogen-bond donors (Lipinski definition) is 2. The first kappa shape index (κ1) is 15.7. The Bertz CT molecular complexity index is 437. The Kier molecular flexibility index (Phi) is 6.05. The molecule has 1 aromatic rings. The van der Waals surface area contributed by atoms with E-state index in [0.29, 0.717) is 23.8 Å². The summed E-state index contributed by atoms with van der Waals surface area (Å²) in [5, 5.41) is 2.99. The van der Waals surface area contributed by atoms with Gasteiger partial charge in [-0.2, -0.15) is 0 Å². The topological polar surface area (TPSA) is 71.2 Å². The molecule has 1 heterocycles. The van der Waals surface area contributed by atoms with Crippen LogP contribution in [-0.2, 0) is 0 Å². The zero-order valence-electron chi connectivity index (χ0n) is 11.6. The fourth-order valence-electron chi connectivity index (χ4n) is 1.51. The van der Waals surface area contributed by atoms with Crippen LogP contribution in [0.1, 0.15) is 30.6 Å². The highest BCUT2D eigenvalue weighted by Gasteiger charge is 2.11. The third-order valence-corrected chi connectivity index (χ3v) is 3.26. The van der Waals surface area contributed by atoms with E-state index in [0.717, 1.165) is 13.0 Å². The number of anilines is 1. The number of nitrogen functional groups attached to an aromatic ring is 1. The standard InChI is InChI=1S/C13H21ClN4O/c1-9(2)18(3)6-4-5-16-13(19)11-7-10(15)8-17-12(11)14/h7-9H,4-6,15H2,1-3H3,(H,16,19). The highest BCUT2D eigenvalue weighted by atomic mass is 35.5. The first-order valence-electron chi connectivity index (χ1n) is 6.31. The van der Waals surface area contributed by atoms with Crippen molar-refractivity contribution in [1.29, 1.82) is 0 Å². The zero-order valence-corrected chi connectivity index (χ0v) is 12.4. The van der Waals surface area contributed by atoms with Crippen molar-refractivity contribution in [1.82, 2.24) is 15.2 Å². The van der Waals surface area contributed by atoms with Gasteiger partial charge >= 0.3 is 0 Å². The molecule has 0 aliphatic rings. The minimum atomic E-state index is -0.239. The van der Waals surface area contributed by atoms with E-state index in [1.807, 2.05) is 0 Å². The van der Waals surface area contributed by atoms with Gasteiger partial charge < -0.3 is 16.0 Å². The van der Waals surface area contributed by atoms with Crippen LogP contribution in [0.2, 0.25) is 5.15 Å². The molecule has 5 nitrogen and oxygen atoms in total. The summed E-state index contributed by atoms with van der Waals surface area (Å²) in [5.74, 6) is -0.239. The minimum absolute atomic E-state index is 0.172. The van der Waals surface area contributed by atoms with E-state index in [-0.39, 0.29) is 11.1 Å². The van der Waals surface area contributed by atoms with E-state index in [9.17, 15) is 4.79 Å². The monoisotopic (exact) mass is 284 g/mol. The lowest BCUT2D eigenvalue weighted by molar-refractivity contribution is 0.0951. The molecule has 0 bridgehead atoms. The summed E-state index contributed by atoms with van der Waals surface area (Å²) in [5.41, 5.74) is 6.33. The normalized spacial score (nSPS) is 11.1. The van der Waals surface area contributed by atoms with Gasteiger partial charge in [0.25, 0.3) is 5.91 Å². The van der Waals surface area contributed by atoms with Gasteiger partial charge in [-0.25, -0.2) is 4.98 Å². The summed E-state index contributed by atoms with van der Waals surface area (Å²) in [6, 6.07) is 2.04. The van der Waals surface area contributed by atoms with Crippen molar-refractivity contribution in [3.8, 4) is 0 Å². The number of nitrogens with one attached hydrogen (secondary N) is 1.